The van der Waals surface area contributed by atoms with Crippen LogP contribution in [-0.4, -0.2) is 55.2 Å². The fourth-order valence-electron chi connectivity index (χ4n) is 3.78. The molecular formula is C17H25NO3S. The van der Waals surface area contributed by atoms with E-state index in [9.17, 15) is 13.5 Å². The summed E-state index contributed by atoms with van der Waals surface area (Å²) in [5.74, 6) is 0.592. The number of hydrogen-bond acceptors (Lipinski definition) is 4. The molecular weight excluding hydrogens is 298 g/mol. The number of rotatable bonds is 3. The standard InChI is InChI=1S/C17H25NO3S/c1-13-4-6-14(7-5-13)9-15-3-2-8-18(10-15)16-11-22(20,21)12-17(16)19/h4-7,15-17,19H,2-3,8-12H2,1H3/t15-,16+,17-/m0/s1. The summed E-state index contributed by atoms with van der Waals surface area (Å²) >= 11 is 0. The average Bonchev–Trinajstić information content (AvgIpc) is 2.75. The molecule has 0 spiro atoms. The summed E-state index contributed by atoms with van der Waals surface area (Å²) in [4.78, 5) is 2.21. The Bertz CT molecular complexity index is 611. The normalized spacial score (nSPS) is 32.2. The first-order valence-electron chi connectivity index (χ1n) is 8.11. The molecule has 0 bridgehead atoms. The zero-order chi connectivity index (χ0) is 15.7. The van der Waals surface area contributed by atoms with Gasteiger partial charge in [0.25, 0.3) is 0 Å². The van der Waals surface area contributed by atoms with Crippen molar-refractivity contribution in [1.29, 1.82) is 0 Å². The van der Waals surface area contributed by atoms with Crippen molar-refractivity contribution in [3.63, 3.8) is 0 Å². The lowest BCUT2D eigenvalue weighted by Crippen LogP contribution is -2.48. The number of sulfone groups is 1. The first-order chi connectivity index (χ1) is 10.4. The van der Waals surface area contributed by atoms with Gasteiger partial charge in [-0.3, -0.25) is 4.90 Å². The van der Waals surface area contributed by atoms with Gasteiger partial charge in [-0.25, -0.2) is 8.42 Å². The van der Waals surface area contributed by atoms with Crippen LogP contribution >= 0.6 is 0 Å². The van der Waals surface area contributed by atoms with E-state index in [0.29, 0.717) is 5.92 Å². The molecule has 1 N–H and O–H groups in total. The van der Waals surface area contributed by atoms with E-state index in [1.807, 2.05) is 0 Å². The Hall–Kier alpha value is -0.910. The zero-order valence-corrected chi connectivity index (χ0v) is 13.9. The summed E-state index contributed by atoms with van der Waals surface area (Å²) in [5.41, 5.74) is 2.62. The summed E-state index contributed by atoms with van der Waals surface area (Å²) in [6.45, 7) is 3.89. The molecule has 0 unspecified atom stereocenters. The first-order valence-corrected chi connectivity index (χ1v) is 9.93. The van der Waals surface area contributed by atoms with E-state index < -0.39 is 15.9 Å². The van der Waals surface area contributed by atoms with Crippen LogP contribution in [0.25, 0.3) is 0 Å². The Kier molecular flexibility index (Phi) is 4.57. The van der Waals surface area contributed by atoms with E-state index in [4.69, 9.17) is 0 Å². The number of piperidine rings is 1. The van der Waals surface area contributed by atoms with Crippen LogP contribution in [0.2, 0.25) is 0 Å². The summed E-state index contributed by atoms with van der Waals surface area (Å²) in [6, 6.07) is 8.45. The summed E-state index contributed by atoms with van der Waals surface area (Å²) in [7, 11) is -3.07. The molecule has 0 aliphatic carbocycles. The van der Waals surface area contributed by atoms with Crippen LogP contribution in [0.15, 0.2) is 24.3 Å². The maximum Gasteiger partial charge on any atom is 0.154 e. The third kappa shape index (κ3) is 3.70. The third-order valence-electron chi connectivity index (χ3n) is 4.96. The Balaban J connectivity index is 1.63. The van der Waals surface area contributed by atoms with Crippen molar-refractivity contribution in [3.05, 3.63) is 35.4 Å². The van der Waals surface area contributed by atoms with Gasteiger partial charge in [-0.05, 0) is 44.2 Å². The molecule has 0 saturated carbocycles. The molecule has 5 heteroatoms. The lowest BCUT2D eigenvalue weighted by atomic mass is 9.90. The number of likely N-dealkylation sites (tertiary alicyclic amines) is 1. The minimum atomic E-state index is -3.07. The lowest BCUT2D eigenvalue weighted by Gasteiger charge is -2.37. The molecule has 1 aromatic carbocycles. The Morgan fingerprint density at radius 1 is 1.23 bits per heavy atom. The van der Waals surface area contributed by atoms with Gasteiger partial charge < -0.3 is 5.11 Å². The number of benzene rings is 1. The van der Waals surface area contributed by atoms with Crippen molar-refractivity contribution in [2.75, 3.05) is 24.6 Å². The van der Waals surface area contributed by atoms with Gasteiger partial charge >= 0.3 is 0 Å². The van der Waals surface area contributed by atoms with Crippen molar-refractivity contribution in [1.82, 2.24) is 4.90 Å². The van der Waals surface area contributed by atoms with Gasteiger partial charge in [0.05, 0.1) is 23.7 Å². The maximum absolute atomic E-state index is 11.7. The highest BCUT2D eigenvalue weighted by Crippen LogP contribution is 2.26. The zero-order valence-electron chi connectivity index (χ0n) is 13.1. The van der Waals surface area contributed by atoms with Crippen molar-refractivity contribution < 1.29 is 13.5 Å². The van der Waals surface area contributed by atoms with Gasteiger partial charge in [0, 0.05) is 6.54 Å². The summed E-state index contributed by atoms with van der Waals surface area (Å²) < 4.78 is 23.4. The molecule has 2 heterocycles. The predicted octanol–water partition coefficient (Wildman–Crippen LogP) is 1.41. The smallest absolute Gasteiger partial charge is 0.154 e. The molecule has 122 valence electrons. The Morgan fingerprint density at radius 3 is 2.59 bits per heavy atom. The minimum absolute atomic E-state index is 0.0726. The molecule has 1 aromatic rings. The van der Waals surface area contributed by atoms with Crippen LogP contribution in [0.3, 0.4) is 0 Å². The molecule has 2 fully saturated rings. The van der Waals surface area contributed by atoms with Gasteiger partial charge in [0.2, 0.25) is 0 Å². The molecule has 4 nitrogen and oxygen atoms in total. The molecule has 0 amide bonds. The minimum Gasteiger partial charge on any atom is -0.390 e. The van der Waals surface area contributed by atoms with E-state index in [1.54, 1.807) is 0 Å². The number of aliphatic hydroxyl groups excluding tert-OH is 1. The van der Waals surface area contributed by atoms with Crippen LogP contribution < -0.4 is 0 Å². The maximum atomic E-state index is 11.7. The quantitative estimate of drug-likeness (QED) is 0.914. The molecule has 3 rings (SSSR count). The highest BCUT2D eigenvalue weighted by atomic mass is 32.2. The van der Waals surface area contributed by atoms with Gasteiger partial charge in [-0.1, -0.05) is 29.8 Å². The van der Waals surface area contributed by atoms with E-state index in [1.165, 1.54) is 17.5 Å². The fourth-order valence-corrected chi connectivity index (χ4v) is 5.61. The second-order valence-corrected chi connectivity index (χ2v) is 9.06. The van der Waals surface area contributed by atoms with Gasteiger partial charge in [-0.2, -0.15) is 0 Å². The van der Waals surface area contributed by atoms with Gasteiger partial charge in [0.1, 0.15) is 0 Å². The van der Waals surface area contributed by atoms with Crippen LogP contribution in [-0.2, 0) is 16.3 Å². The molecule has 3 atom stereocenters. The van der Waals surface area contributed by atoms with E-state index >= 15 is 0 Å². The molecule has 22 heavy (non-hydrogen) atoms. The van der Waals surface area contributed by atoms with E-state index in [2.05, 4.69) is 36.1 Å². The van der Waals surface area contributed by atoms with Crippen LogP contribution in [0, 0.1) is 12.8 Å². The SMILES string of the molecule is Cc1ccc(C[C@@H]2CCCN([C@@H]3CS(=O)(=O)C[C@@H]3O)C2)cc1. The molecule has 2 aliphatic heterocycles. The second kappa shape index (κ2) is 6.30. The van der Waals surface area contributed by atoms with Crippen LogP contribution in [0.4, 0.5) is 0 Å². The summed E-state index contributed by atoms with van der Waals surface area (Å²) in [5, 5.41) is 10.1. The number of aliphatic hydroxyl groups is 1. The van der Waals surface area contributed by atoms with E-state index in [0.717, 1.165) is 25.9 Å². The highest BCUT2D eigenvalue weighted by molar-refractivity contribution is 7.91. The average molecular weight is 323 g/mol. The fraction of sp³-hybridized carbons (Fsp3) is 0.647. The summed E-state index contributed by atoms with van der Waals surface area (Å²) in [6.07, 6.45) is 2.58. The van der Waals surface area contributed by atoms with E-state index in [-0.39, 0.29) is 17.5 Å². The Morgan fingerprint density at radius 2 is 1.95 bits per heavy atom. The molecule has 0 aromatic heterocycles. The monoisotopic (exact) mass is 323 g/mol. The number of aryl methyl sites for hydroxylation is 1. The number of nitrogens with zero attached hydrogens (tertiary/aromatic N) is 1. The molecule has 0 radical (unpaired) electrons. The van der Waals surface area contributed by atoms with Crippen molar-refractivity contribution >= 4 is 9.84 Å². The highest BCUT2D eigenvalue weighted by Gasteiger charge is 2.41. The predicted molar refractivity (Wildman–Crippen MR) is 87.6 cm³/mol. The van der Waals surface area contributed by atoms with Crippen molar-refractivity contribution in [3.8, 4) is 0 Å². The topological polar surface area (TPSA) is 57.6 Å². The van der Waals surface area contributed by atoms with Gasteiger partial charge in [0.15, 0.2) is 9.84 Å². The molecule has 2 aliphatic rings. The second-order valence-electron chi connectivity index (χ2n) is 6.90. The van der Waals surface area contributed by atoms with Crippen LogP contribution in [0.5, 0.6) is 0 Å². The van der Waals surface area contributed by atoms with Crippen molar-refractivity contribution in [2.24, 2.45) is 5.92 Å². The largest absolute Gasteiger partial charge is 0.390 e. The van der Waals surface area contributed by atoms with Crippen LogP contribution in [0.1, 0.15) is 24.0 Å². The van der Waals surface area contributed by atoms with Crippen molar-refractivity contribution in [2.45, 2.75) is 38.3 Å². The molecule has 2 saturated heterocycles. The number of hydrogen-bond donors (Lipinski definition) is 1. The third-order valence-corrected chi connectivity index (χ3v) is 6.66. The lowest BCUT2D eigenvalue weighted by molar-refractivity contribution is 0.0535. The van der Waals surface area contributed by atoms with Gasteiger partial charge in [-0.15, -0.1) is 0 Å². The Labute approximate surface area is 133 Å². The first kappa shape index (κ1) is 16.0.